The highest BCUT2D eigenvalue weighted by molar-refractivity contribution is 6.75. The second kappa shape index (κ2) is 6.74. The third-order valence-corrected chi connectivity index (χ3v) is 14.7. The van der Waals surface area contributed by atoms with Crippen LogP contribution in [0, 0.1) is 17.3 Å². The van der Waals surface area contributed by atoms with E-state index in [0.717, 1.165) is 19.3 Å². The number of rotatable bonds is 6. The Morgan fingerprint density at radius 2 is 1.56 bits per heavy atom. The van der Waals surface area contributed by atoms with Gasteiger partial charge in [0.25, 0.3) is 14.3 Å². The minimum atomic E-state index is -2.76. The molecule has 2 aliphatic carbocycles. The average Bonchev–Trinajstić information content (AvgIpc) is 3.06. The fourth-order valence-electron chi connectivity index (χ4n) is 4.60. The molecule has 0 radical (unpaired) electrons. The van der Waals surface area contributed by atoms with Gasteiger partial charge in [-0.25, -0.2) is 0 Å². The SMILES string of the molecule is CO[Si](OC)(OC)C1CC2CC1C(C)(C(=O)O[Si](C)(C)C(C)(C)C)C2. The van der Waals surface area contributed by atoms with Gasteiger partial charge in [0.05, 0.1) is 5.41 Å². The molecule has 4 unspecified atom stereocenters. The Labute approximate surface area is 155 Å². The third-order valence-electron chi connectivity index (χ3n) is 7.12. The van der Waals surface area contributed by atoms with Gasteiger partial charge in [0, 0.05) is 26.9 Å². The molecule has 2 aliphatic rings. The second-order valence-electron chi connectivity index (χ2n) is 9.54. The van der Waals surface area contributed by atoms with Crippen molar-refractivity contribution in [3.63, 3.8) is 0 Å². The van der Waals surface area contributed by atoms with Crippen LogP contribution >= 0.6 is 0 Å². The van der Waals surface area contributed by atoms with Crippen molar-refractivity contribution < 1.29 is 22.5 Å². The van der Waals surface area contributed by atoms with E-state index in [1.54, 1.807) is 21.3 Å². The Bertz CT molecular complexity index is 504. The van der Waals surface area contributed by atoms with Crippen molar-refractivity contribution in [1.82, 2.24) is 0 Å². The molecule has 0 heterocycles. The van der Waals surface area contributed by atoms with Crippen LogP contribution in [0.4, 0.5) is 0 Å². The van der Waals surface area contributed by atoms with E-state index in [0.29, 0.717) is 5.92 Å². The van der Waals surface area contributed by atoms with Crippen molar-refractivity contribution in [3.8, 4) is 0 Å². The fraction of sp³-hybridized carbons (Fsp3) is 0.944. The molecule has 0 aromatic carbocycles. The fourth-order valence-corrected chi connectivity index (χ4v) is 8.63. The molecule has 146 valence electrons. The van der Waals surface area contributed by atoms with Gasteiger partial charge >= 0.3 is 8.80 Å². The molecule has 2 saturated carbocycles. The summed E-state index contributed by atoms with van der Waals surface area (Å²) < 4.78 is 23.5. The van der Waals surface area contributed by atoms with Crippen molar-refractivity contribution >= 4 is 23.1 Å². The summed E-state index contributed by atoms with van der Waals surface area (Å²) in [6.07, 6.45) is 2.97. The molecular weight excluding hydrogens is 352 g/mol. The van der Waals surface area contributed by atoms with Gasteiger partial charge in [-0.3, -0.25) is 4.79 Å². The number of hydrogen-bond donors (Lipinski definition) is 0. The van der Waals surface area contributed by atoms with Crippen molar-refractivity contribution in [2.75, 3.05) is 21.3 Å². The highest BCUT2D eigenvalue weighted by atomic mass is 28.4. The molecule has 0 aromatic rings. The molecule has 4 atom stereocenters. The molecule has 7 heteroatoms. The average molecular weight is 389 g/mol. The van der Waals surface area contributed by atoms with Crippen LogP contribution in [0.25, 0.3) is 0 Å². The predicted octanol–water partition coefficient (Wildman–Crippen LogP) is 4.22. The largest absolute Gasteiger partial charge is 0.519 e. The zero-order valence-corrected chi connectivity index (χ0v) is 19.4. The normalized spacial score (nSPS) is 32.9. The summed E-state index contributed by atoms with van der Waals surface area (Å²) in [6, 6.07) is 0. The van der Waals surface area contributed by atoms with Crippen LogP contribution in [0.2, 0.25) is 23.7 Å². The van der Waals surface area contributed by atoms with E-state index in [1.165, 1.54) is 0 Å². The van der Waals surface area contributed by atoms with Crippen LogP contribution in [0.5, 0.6) is 0 Å². The van der Waals surface area contributed by atoms with E-state index in [9.17, 15) is 4.79 Å². The molecule has 2 bridgehead atoms. The lowest BCUT2D eigenvalue weighted by Crippen LogP contribution is -2.54. The minimum absolute atomic E-state index is 0.0140. The van der Waals surface area contributed by atoms with Crippen LogP contribution in [0.1, 0.15) is 47.0 Å². The van der Waals surface area contributed by atoms with Gasteiger partial charge in [0.1, 0.15) is 0 Å². The van der Waals surface area contributed by atoms with E-state index >= 15 is 0 Å². The van der Waals surface area contributed by atoms with Gasteiger partial charge in [-0.1, -0.05) is 20.8 Å². The van der Waals surface area contributed by atoms with Crippen molar-refractivity contribution in [1.29, 1.82) is 0 Å². The second-order valence-corrected chi connectivity index (χ2v) is 17.4. The van der Waals surface area contributed by atoms with Crippen LogP contribution in [0.15, 0.2) is 0 Å². The highest BCUT2D eigenvalue weighted by Crippen LogP contribution is 2.64. The zero-order valence-electron chi connectivity index (χ0n) is 17.4. The van der Waals surface area contributed by atoms with E-state index in [-0.39, 0.29) is 22.5 Å². The first kappa shape index (κ1) is 21.1. The number of hydrogen-bond acceptors (Lipinski definition) is 5. The minimum Gasteiger partial charge on any atom is -0.519 e. The summed E-state index contributed by atoms with van der Waals surface area (Å²) in [4.78, 5) is 13.3. The van der Waals surface area contributed by atoms with Crippen LogP contribution in [-0.4, -0.2) is 44.4 Å². The molecule has 25 heavy (non-hydrogen) atoms. The van der Waals surface area contributed by atoms with Crippen molar-refractivity contribution in [2.24, 2.45) is 17.3 Å². The van der Waals surface area contributed by atoms with Gasteiger partial charge in [-0.05, 0) is 56.2 Å². The van der Waals surface area contributed by atoms with Gasteiger partial charge in [-0.15, -0.1) is 0 Å². The van der Waals surface area contributed by atoms with Crippen LogP contribution in [-0.2, 0) is 22.5 Å². The van der Waals surface area contributed by atoms with Gasteiger partial charge < -0.3 is 17.7 Å². The number of carbonyl (C=O) groups excluding carboxylic acids is 1. The molecule has 2 rings (SSSR count). The first-order chi connectivity index (χ1) is 11.4. The number of fused-ring (bicyclic) bond motifs is 2. The quantitative estimate of drug-likeness (QED) is 0.638. The number of carbonyl (C=O) groups is 1. The maximum Gasteiger partial charge on any atom is 0.503 e. The van der Waals surface area contributed by atoms with Crippen LogP contribution < -0.4 is 0 Å². The molecule has 2 fully saturated rings. The summed E-state index contributed by atoms with van der Waals surface area (Å²) in [6.45, 7) is 12.8. The molecule has 0 spiro atoms. The zero-order chi connectivity index (χ0) is 19.3. The Morgan fingerprint density at radius 3 is 1.96 bits per heavy atom. The van der Waals surface area contributed by atoms with Gasteiger partial charge in [0.15, 0.2) is 0 Å². The Hall–Kier alpha value is -0.216. The molecule has 0 amide bonds. The van der Waals surface area contributed by atoms with Gasteiger partial charge in [-0.2, -0.15) is 0 Å². The molecular formula is C18H36O5Si2. The lowest BCUT2D eigenvalue weighted by atomic mass is 9.74. The molecule has 0 N–H and O–H groups in total. The smallest absolute Gasteiger partial charge is 0.503 e. The maximum atomic E-state index is 13.3. The lowest BCUT2D eigenvalue weighted by Gasteiger charge is -2.44. The lowest BCUT2D eigenvalue weighted by molar-refractivity contribution is -0.149. The Kier molecular flexibility index (Phi) is 5.69. The van der Waals surface area contributed by atoms with Crippen molar-refractivity contribution in [3.05, 3.63) is 0 Å². The summed E-state index contributed by atoms with van der Waals surface area (Å²) in [7, 11) is 0.0904. The highest BCUT2D eigenvalue weighted by Gasteiger charge is 2.66. The predicted molar refractivity (Wildman–Crippen MR) is 103 cm³/mol. The van der Waals surface area contributed by atoms with E-state index in [1.807, 2.05) is 0 Å². The maximum absolute atomic E-state index is 13.3. The third kappa shape index (κ3) is 3.38. The van der Waals surface area contributed by atoms with E-state index < -0.39 is 22.5 Å². The molecule has 0 aromatic heterocycles. The first-order valence-corrected chi connectivity index (χ1v) is 14.0. The standard InChI is InChI=1S/C18H36O5Si2/c1-17(2,3)24(8,9)23-16(19)18(4)12-13-10-14(18)15(11-13)25(20-5,21-6)22-7/h13-15H,10-12H2,1-9H3. The summed E-state index contributed by atoms with van der Waals surface area (Å²) in [5.74, 6) is 0.711. The Balaban J connectivity index is 2.26. The van der Waals surface area contributed by atoms with Crippen molar-refractivity contribution in [2.45, 2.75) is 70.6 Å². The topological polar surface area (TPSA) is 54.0 Å². The molecule has 5 nitrogen and oxygen atoms in total. The van der Waals surface area contributed by atoms with Gasteiger partial charge in [0.2, 0.25) is 0 Å². The molecule has 0 aliphatic heterocycles. The summed E-state index contributed by atoms with van der Waals surface area (Å²) >= 11 is 0. The first-order valence-electron chi connectivity index (χ1n) is 9.25. The summed E-state index contributed by atoms with van der Waals surface area (Å²) in [5.41, 5.74) is -0.292. The molecule has 0 saturated heterocycles. The monoisotopic (exact) mass is 388 g/mol. The van der Waals surface area contributed by atoms with E-state index in [2.05, 4.69) is 40.8 Å². The van der Waals surface area contributed by atoms with Crippen LogP contribution in [0.3, 0.4) is 0 Å². The Morgan fingerprint density at radius 1 is 1.04 bits per heavy atom. The van der Waals surface area contributed by atoms with E-state index in [4.69, 9.17) is 17.7 Å². The summed E-state index contributed by atoms with van der Waals surface area (Å²) in [5, 5.41) is 0.0140.